The van der Waals surface area contributed by atoms with Crippen LogP contribution in [0, 0.1) is 10.1 Å². The number of nitro benzene ring substituents is 1. The van der Waals surface area contributed by atoms with Gasteiger partial charge in [-0.15, -0.1) is 11.8 Å². The lowest BCUT2D eigenvalue weighted by Crippen LogP contribution is -2.19. The molecule has 9 heteroatoms. The number of amides is 1. The van der Waals surface area contributed by atoms with Crippen molar-refractivity contribution >= 4 is 35.5 Å². The fourth-order valence-corrected chi connectivity index (χ4v) is 3.33. The highest BCUT2D eigenvalue weighted by atomic mass is 32.2. The molecule has 0 radical (unpaired) electrons. The van der Waals surface area contributed by atoms with E-state index in [2.05, 4.69) is 10.5 Å². The number of ether oxygens (including phenoxy) is 1. The van der Waals surface area contributed by atoms with Gasteiger partial charge in [-0.05, 0) is 47.5 Å². The molecule has 0 saturated carbocycles. The van der Waals surface area contributed by atoms with Crippen LogP contribution < -0.4 is 10.2 Å². The zero-order valence-corrected chi connectivity index (χ0v) is 17.7. The van der Waals surface area contributed by atoms with Gasteiger partial charge in [-0.25, -0.2) is 10.2 Å². The van der Waals surface area contributed by atoms with Gasteiger partial charge in [-0.2, -0.15) is 5.10 Å². The van der Waals surface area contributed by atoms with E-state index in [1.165, 1.54) is 30.1 Å². The molecular weight excluding hydrogens is 430 g/mol. The average Bonchev–Trinajstić information content (AvgIpc) is 2.81. The summed E-state index contributed by atoms with van der Waals surface area (Å²) in [4.78, 5) is 34.1. The topological polar surface area (TPSA) is 111 Å². The van der Waals surface area contributed by atoms with Gasteiger partial charge in [0.2, 0.25) is 5.91 Å². The fraction of sp³-hybridized carbons (Fsp3) is 0.0870. The van der Waals surface area contributed by atoms with Gasteiger partial charge >= 0.3 is 5.97 Å². The Labute approximate surface area is 188 Å². The largest absolute Gasteiger partial charge is 0.423 e. The van der Waals surface area contributed by atoms with E-state index >= 15 is 0 Å². The molecule has 3 aromatic carbocycles. The Bertz CT molecular complexity index is 1100. The lowest BCUT2D eigenvalue weighted by atomic mass is 10.2. The van der Waals surface area contributed by atoms with Crippen molar-refractivity contribution in [2.45, 2.75) is 5.75 Å². The molecule has 3 rings (SSSR count). The van der Waals surface area contributed by atoms with Crippen molar-refractivity contribution in [3.05, 3.63) is 106 Å². The first-order valence-electron chi connectivity index (χ1n) is 9.51. The number of thioether (sulfide) groups is 1. The van der Waals surface area contributed by atoms with Gasteiger partial charge in [-0.3, -0.25) is 14.9 Å². The van der Waals surface area contributed by atoms with E-state index in [0.717, 1.165) is 11.1 Å². The fourth-order valence-electron chi connectivity index (χ4n) is 2.55. The molecule has 8 nitrogen and oxygen atoms in total. The molecule has 0 fully saturated rings. The van der Waals surface area contributed by atoms with Crippen molar-refractivity contribution in [1.82, 2.24) is 5.43 Å². The molecule has 0 unspecified atom stereocenters. The van der Waals surface area contributed by atoms with Crippen molar-refractivity contribution in [1.29, 1.82) is 0 Å². The Balaban J connectivity index is 1.39. The maximum Gasteiger partial charge on any atom is 0.343 e. The number of rotatable bonds is 9. The van der Waals surface area contributed by atoms with Gasteiger partial charge in [-0.1, -0.05) is 30.3 Å². The molecule has 1 amide bonds. The number of hydrogen-bond donors (Lipinski definition) is 1. The van der Waals surface area contributed by atoms with Crippen LogP contribution >= 0.6 is 11.8 Å². The first-order chi connectivity index (χ1) is 15.5. The third-order valence-corrected chi connectivity index (χ3v) is 5.16. The summed E-state index contributed by atoms with van der Waals surface area (Å²) in [5.41, 5.74) is 4.56. The highest BCUT2D eigenvalue weighted by Gasteiger charge is 2.07. The van der Waals surface area contributed by atoms with Crippen LogP contribution in [-0.4, -0.2) is 28.8 Å². The highest BCUT2D eigenvalue weighted by Crippen LogP contribution is 2.17. The lowest BCUT2D eigenvalue weighted by Gasteiger charge is -2.04. The van der Waals surface area contributed by atoms with Crippen molar-refractivity contribution in [3.63, 3.8) is 0 Å². The van der Waals surface area contributed by atoms with E-state index in [-0.39, 0.29) is 17.3 Å². The van der Waals surface area contributed by atoms with Crippen LogP contribution in [0.5, 0.6) is 5.75 Å². The van der Waals surface area contributed by atoms with Crippen molar-refractivity contribution in [2.24, 2.45) is 5.10 Å². The van der Waals surface area contributed by atoms with Crippen LogP contribution in [0.4, 0.5) is 5.69 Å². The molecule has 3 aromatic rings. The summed E-state index contributed by atoms with van der Waals surface area (Å²) in [5.74, 6) is 0.454. The summed E-state index contributed by atoms with van der Waals surface area (Å²) < 4.78 is 5.31. The highest BCUT2D eigenvalue weighted by molar-refractivity contribution is 7.99. The van der Waals surface area contributed by atoms with Gasteiger partial charge in [0.25, 0.3) is 5.69 Å². The Morgan fingerprint density at radius 2 is 1.69 bits per heavy atom. The summed E-state index contributed by atoms with van der Waals surface area (Å²) in [6, 6.07) is 21.6. The second kappa shape index (κ2) is 11.4. The zero-order chi connectivity index (χ0) is 22.8. The summed E-state index contributed by atoms with van der Waals surface area (Å²) >= 11 is 1.38. The molecule has 0 atom stereocenters. The number of hydrazone groups is 1. The zero-order valence-electron chi connectivity index (χ0n) is 16.8. The van der Waals surface area contributed by atoms with Gasteiger partial charge in [0.15, 0.2) is 0 Å². The number of non-ortho nitro benzene ring substituents is 1. The van der Waals surface area contributed by atoms with E-state index in [1.807, 2.05) is 6.07 Å². The second-order valence-electron chi connectivity index (χ2n) is 6.53. The van der Waals surface area contributed by atoms with E-state index in [1.54, 1.807) is 60.7 Å². The number of nitrogens with one attached hydrogen (secondary N) is 1. The van der Waals surface area contributed by atoms with Crippen LogP contribution in [0.2, 0.25) is 0 Å². The molecule has 0 spiro atoms. The Morgan fingerprint density at radius 1 is 1.00 bits per heavy atom. The van der Waals surface area contributed by atoms with Crippen LogP contribution in [0.1, 0.15) is 21.5 Å². The Hall–Kier alpha value is -3.98. The Morgan fingerprint density at radius 3 is 2.34 bits per heavy atom. The Kier molecular flexibility index (Phi) is 8.10. The maximum atomic E-state index is 12.0. The number of nitro groups is 1. The maximum absolute atomic E-state index is 12.0. The van der Waals surface area contributed by atoms with Crippen molar-refractivity contribution in [3.8, 4) is 5.75 Å². The van der Waals surface area contributed by atoms with Gasteiger partial charge in [0.1, 0.15) is 5.75 Å². The minimum absolute atomic E-state index is 0.0354. The number of esters is 1. The minimum atomic E-state index is -0.451. The predicted octanol–water partition coefficient (Wildman–Crippen LogP) is 4.20. The summed E-state index contributed by atoms with van der Waals surface area (Å²) in [5, 5.41) is 14.6. The van der Waals surface area contributed by atoms with Crippen LogP contribution in [0.15, 0.2) is 84.0 Å². The number of carbonyl (C=O) groups excluding carboxylic acids is 2. The summed E-state index contributed by atoms with van der Waals surface area (Å²) in [7, 11) is 0. The second-order valence-corrected chi connectivity index (χ2v) is 7.52. The molecule has 162 valence electrons. The van der Waals surface area contributed by atoms with Crippen LogP contribution in [0.25, 0.3) is 0 Å². The van der Waals surface area contributed by atoms with Crippen molar-refractivity contribution in [2.75, 3.05) is 5.75 Å². The lowest BCUT2D eigenvalue weighted by molar-refractivity contribution is -0.384. The van der Waals surface area contributed by atoms with Crippen LogP contribution in [-0.2, 0) is 10.5 Å². The molecule has 0 saturated heterocycles. The number of hydrogen-bond acceptors (Lipinski definition) is 7. The van der Waals surface area contributed by atoms with E-state index in [4.69, 9.17) is 4.74 Å². The van der Waals surface area contributed by atoms with Crippen LogP contribution in [0.3, 0.4) is 0 Å². The average molecular weight is 449 g/mol. The number of benzene rings is 3. The third-order valence-electron chi connectivity index (χ3n) is 4.15. The molecule has 0 aliphatic heterocycles. The molecule has 0 bridgehead atoms. The standard InChI is InChI=1S/C23H19N3O5S/c27-22(16-32-15-18-6-10-20(11-7-18)26(29)30)25-24-14-17-8-12-21(13-9-17)31-23(28)19-4-2-1-3-5-19/h1-14H,15-16H2,(H,25,27)/b24-14+. The third kappa shape index (κ3) is 7.06. The smallest absolute Gasteiger partial charge is 0.343 e. The van der Waals surface area contributed by atoms with Gasteiger partial charge < -0.3 is 4.74 Å². The number of carbonyl (C=O) groups is 2. The SMILES string of the molecule is O=C(CSCc1ccc([N+](=O)[O-])cc1)N/N=C/c1ccc(OC(=O)c2ccccc2)cc1. The molecule has 0 heterocycles. The predicted molar refractivity (Wildman–Crippen MR) is 123 cm³/mol. The first-order valence-corrected chi connectivity index (χ1v) is 10.7. The van der Waals surface area contributed by atoms with Gasteiger partial charge in [0, 0.05) is 17.9 Å². The normalized spacial score (nSPS) is 10.6. The molecule has 0 aliphatic rings. The molecule has 0 aliphatic carbocycles. The monoisotopic (exact) mass is 449 g/mol. The summed E-state index contributed by atoms with van der Waals surface area (Å²) in [6.07, 6.45) is 1.49. The van der Waals surface area contributed by atoms with E-state index in [0.29, 0.717) is 17.1 Å². The van der Waals surface area contributed by atoms with E-state index < -0.39 is 10.9 Å². The van der Waals surface area contributed by atoms with Crippen molar-refractivity contribution < 1.29 is 19.2 Å². The first kappa shape index (κ1) is 22.7. The number of nitrogens with zero attached hydrogens (tertiary/aromatic N) is 2. The molecule has 32 heavy (non-hydrogen) atoms. The quantitative estimate of drug-likeness (QED) is 0.172. The molecule has 0 aromatic heterocycles. The summed E-state index contributed by atoms with van der Waals surface area (Å²) in [6.45, 7) is 0. The molecule has 1 N–H and O–H groups in total. The van der Waals surface area contributed by atoms with E-state index in [9.17, 15) is 19.7 Å². The minimum Gasteiger partial charge on any atom is -0.423 e. The van der Waals surface area contributed by atoms with Gasteiger partial charge in [0.05, 0.1) is 22.5 Å². The molecular formula is C23H19N3O5S.